The van der Waals surface area contributed by atoms with Crippen LogP contribution in [-0.4, -0.2) is 29.3 Å². The van der Waals surface area contributed by atoms with E-state index in [2.05, 4.69) is 26.0 Å². The Hall–Kier alpha value is -0.950. The molecule has 14 heavy (non-hydrogen) atoms. The van der Waals surface area contributed by atoms with Gasteiger partial charge in [0.1, 0.15) is 9.50 Å². The number of sulfone groups is 1. The van der Waals surface area contributed by atoms with Crippen LogP contribution >= 0.6 is 15.9 Å². The fourth-order valence-electron chi connectivity index (χ4n) is 1.02. The highest BCUT2D eigenvalue weighted by molar-refractivity contribution is 9.10. The van der Waals surface area contributed by atoms with Crippen LogP contribution in [-0.2, 0) is 9.84 Å². The van der Waals surface area contributed by atoms with Crippen LogP contribution in [0.5, 0.6) is 0 Å². The molecule has 74 valence electrons. The van der Waals surface area contributed by atoms with Crippen LogP contribution in [0.1, 0.15) is 0 Å². The average molecular weight is 276 g/mol. The lowest BCUT2D eigenvalue weighted by atomic mass is 10.6. The van der Waals surface area contributed by atoms with Gasteiger partial charge in [-0.15, -0.1) is 0 Å². The number of halogens is 1. The normalized spacial score (nSPS) is 12.1. The summed E-state index contributed by atoms with van der Waals surface area (Å²) in [5.41, 5.74) is 0.601. The van der Waals surface area contributed by atoms with Crippen molar-refractivity contribution >= 4 is 31.4 Å². The van der Waals surface area contributed by atoms with Crippen LogP contribution in [0.3, 0.4) is 0 Å². The largest absolute Gasteiger partial charge is 0.236 e. The number of aromatic nitrogens is 3. The van der Waals surface area contributed by atoms with E-state index < -0.39 is 9.84 Å². The van der Waals surface area contributed by atoms with Crippen LogP contribution in [0, 0.1) is 0 Å². The van der Waals surface area contributed by atoms with Crippen LogP contribution in [0.15, 0.2) is 28.0 Å². The quantitative estimate of drug-likeness (QED) is 0.776. The van der Waals surface area contributed by atoms with Crippen LogP contribution in [0.25, 0.3) is 5.65 Å². The van der Waals surface area contributed by atoms with Crippen LogP contribution < -0.4 is 0 Å². The van der Waals surface area contributed by atoms with Crippen molar-refractivity contribution in [2.45, 2.75) is 4.90 Å². The topological polar surface area (TPSA) is 64.3 Å². The molecule has 0 N–H and O–H groups in total. The van der Waals surface area contributed by atoms with E-state index in [1.807, 2.05) is 0 Å². The minimum Gasteiger partial charge on any atom is -0.236 e. The van der Waals surface area contributed by atoms with Gasteiger partial charge in [0.15, 0.2) is 15.5 Å². The van der Waals surface area contributed by atoms with Gasteiger partial charge < -0.3 is 0 Å². The predicted octanol–water partition coefficient (Wildman–Crippen LogP) is 0.895. The molecule has 2 rings (SSSR count). The fraction of sp³-hybridized carbons (Fsp3) is 0.143. The van der Waals surface area contributed by atoms with E-state index in [-0.39, 0.29) is 4.90 Å². The van der Waals surface area contributed by atoms with Gasteiger partial charge in [-0.3, -0.25) is 0 Å². The lowest BCUT2D eigenvalue weighted by molar-refractivity contribution is 0.600. The fourth-order valence-corrected chi connectivity index (χ4v) is 1.93. The zero-order valence-electron chi connectivity index (χ0n) is 7.18. The molecule has 0 aliphatic heterocycles. The lowest BCUT2D eigenvalue weighted by Crippen LogP contribution is -2.01. The van der Waals surface area contributed by atoms with E-state index in [1.54, 1.807) is 6.07 Å². The summed E-state index contributed by atoms with van der Waals surface area (Å²) in [4.78, 5) is 4.11. The number of hydrogen-bond donors (Lipinski definition) is 0. The summed E-state index contributed by atoms with van der Waals surface area (Å²) in [5.74, 6) is 0. The number of fused-ring (bicyclic) bond motifs is 1. The molecule has 0 bridgehead atoms. The molecule has 0 saturated carbocycles. The van der Waals surface area contributed by atoms with Crippen molar-refractivity contribution in [2.24, 2.45) is 0 Å². The highest BCUT2D eigenvalue weighted by Gasteiger charge is 2.09. The first-order valence-electron chi connectivity index (χ1n) is 3.68. The highest BCUT2D eigenvalue weighted by atomic mass is 79.9. The van der Waals surface area contributed by atoms with Gasteiger partial charge in [0, 0.05) is 18.5 Å². The van der Waals surface area contributed by atoms with Crippen molar-refractivity contribution in [1.82, 2.24) is 14.6 Å². The smallest absolute Gasteiger partial charge is 0.178 e. The zero-order chi connectivity index (χ0) is 10.3. The summed E-state index contributed by atoms with van der Waals surface area (Å²) in [6.07, 6.45) is 3.88. The van der Waals surface area contributed by atoms with Crippen molar-refractivity contribution in [2.75, 3.05) is 6.26 Å². The first kappa shape index (κ1) is 9.60. The molecule has 0 atom stereocenters. The monoisotopic (exact) mass is 275 g/mol. The Morgan fingerprint density at radius 3 is 2.86 bits per heavy atom. The summed E-state index contributed by atoms with van der Waals surface area (Å²) in [6, 6.07) is 1.70. The molecule has 2 aromatic rings. The summed E-state index contributed by atoms with van der Waals surface area (Å²) in [7, 11) is -3.22. The second kappa shape index (κ2) is 3.03. The molecule has 0 saturated heterocycles. The Morgan fingerprint density at radius 1 is 1.50 bits per heavy atom. The van der Waals surface area contributed by atoms with E-state index in [0.29, 0.717) is 10.3 Å². The molecular formula is C7H6BrN3O2S. The Bertz CT molecular complexity index is 590. The standard InChI is InChI=1S/C7H6BrN3O2S/c1-14(12,13)5-3-9-7-2-6(8)10-11(7)4-5/h2-4H,1H3. The maximum absolute atomic E-state index is 11.2. The average Bonchev–Trinajstić information content (AvgIpc) is 2.41. The molecule has 0 unspecified atom stereocenters. The Kier molecular flexibility index (Phi) is 2.07. The second-order valence-electron chi connectivity index (χ2n) is 2.83. The molecule has 0 amide bonds. The molecule has 0 aromatic carbocycles. The molecular weight excluding hydrogens is 270 g/mol. The maximum Gasteiger partial charge on any atom is 0.178 e. The minimum absolute atomic E-state index is 0.153. The molecule has 5 nitrogen and oxygen atoms in total. The van der Waals surface area contributed by atoms with Crippen molar-refractivity contribution in [3.63, 3.8) is 0 Å². The molecule has 0 aliphatic rings. The first-order valence-corrected chi connectivity index (χ1v) is 6.36. The van der Waals surface area contributed by atoms with E-state index in [4.69, 9.17) is 0 Å². The van der Waals surface area contributed by atoms with Gasteiger partial charge in [-0.25, -0.2) is 17.9 Å². The molecule has 7 heteroatoms. The third kappa shape index (κ3) is 1.64. The molecule has 0 aliphatic carbocycles. The molecule has 0 spiro atoms. The van der Waals surface area contributed by atoms with Crippen molar-refractivity contribution in [3.8, 4) is 0 Å². The predicted molar refractivity (Wildman–Crippen MR) is 53.8 cm³/mol. The van der Waals surface area contributed by atoms with E-state index in [1.165, 1.54) is 16.9 Å². The van der Waals surface area contributed by atoms with Gasteiger partial charge in [-0.1, -0.05) is 0 Å². The number of hydrogen-bond acceptors (Lipinski definition) is 4. The van der Waals surface area contributed by atoms with Crippen molar-refractivity contribution in [3.05, 3.63) is 23.1 Å². The van der Waals surface area contributed by atoms with E-state index in [0.717, 1.165) is 6.26 Å². The maximum atomic E-state index is 11.2. The molecule has 0 radical (unpaired) electrons. The van der Waals surface area contributed by atoms with E-state index in [9.17, 15) is 8.42 Å². The summed E-state index contributed by atoms with van der Waals surface area (Å²) in [5, 5.41) is 3.99. The highest BCUT2D eigenvalue weighted by Crippen LogP contribution is 2.12. The molecule has 0 fully saturated rings. The molecule has 2 heterocycles. The lowest BCUT2D eigenvalue weighted by Gasteiger charge is -1.97. The second-order valence-corrected chi connectivity index (χ2v) is 5.66. The van der Waals surface area contributed by atoms with Crippen molar-refractivity contribution in [1.29, 1.82) is 0 Å². The minimum atomic E-state index is -3.22. The van der Waals surface area contributed by atoms with Gasteiger partial charge in [0.2, 0.25) is 0 Å². The summed E-state index contributed by atoms with van der Waals surface area (Å²) < 4.78 is 24.4. The Morgan fingerprint density at radius 2 is 2.21 bits per heavy atom. The number of nitrogens with zero attached hydrogens (tertiary/aromatic N) is 3. The van der Waals surface area contributed by atoms with Gasteiger partial charge in [0.05, 0.1) is 6.20 Å². The van der Waals surface area contributed by atoms with Crippen LogP contribution in [0.4, 0.5) is 0 Å². The Balaban J connectivity index is 2.74. The Labute approximate surface area is 88.8 Å². The van der Waals surface area contributed by atoms with Gasteiger partial charge in [0.25, 0.3) is 0 Å². The third-order valence-corrected chi connectivity index (χ3v) is 3.14. The SMILES string of the molecule is CS(=O)(=O)c1cnc2cc(Br)nn2c1. The van der Waals surface area contributed by atoms with Gasteiger partial charge in [-0.2, -0.15) is 5.10 Å². The summed E-state index contributed by atoms with van der Waals surface area (Å²) >= 11 is 3.18. The molecule has 2 aromatic heterocycles. The van der Waals surface area contributed by atoms with Crippen molar-refractivity contribution < 1.29 is 8.42 Å². The van der Waals surface area contributed by atoms with Crippen LogP contribution in [0.2, 0.25) is 0 Å². The van der Waals surface area contributed by atoms with Gasteiger partial charge >= 0.3 is 0 Å². The first-order chi connectivity index (χ1) is 6.47. The zero-order valence-corrected chi connectivity index (χ0v) is 9.58. The van der Waals surface area contributed by atoms with Gasteiger partial charge in [-0.05, 0) is 15.9 Å². The van der Waals surface area contributed by atoms with E-state index >= 15 is 0 Å². The third-order valence-electron chi connectivity index (χ3n) is 1.69. The number of rotatable bonds is 1. The summed E-state index contributed by atoms with van der Waals surface area (Å²) in [6.45, 7) is 0.